The van der Waals surface area contributed by atoms with E-state index < -0.39 is 23.8 Å². The molecule has 0 amide bonds. The minimum absolute atomic E-state index is 0.196. The summed E-state index contributed by atoms with van der Waals surface area (Å²) in [6.07, 6.45) is 3.66. The van der Waals surface area contributed by atoms with E-state index in [1.54, 1.807) is 30.5 Å². The first-order chi connectivity index (χ1) is 13.5. The van der Waals surface area contributed by atoms with E-state index in [0.29, 0.717) is 18.0 Å². The van der Waals surface area contributed by atoms with Crippen molar-refractivity contribution >= 4 is 0 Å². The second-order valence-electron chi connectivity index (χ2n) is 7.11. The number of hydrogen-bond acceptors (Lipinski definition) is 5. The number of rotatable bonds is 3. The second-order valence-corrected chi connectivity index (χ2v) is 7.11. The second kappa shape index (κ2) is 6.47. The topological polar surface area (TPSA) is 74.3 Å². The van der Waals surface area contributed by atoms with Crippen LogP contribution in [0.25, 0.3) is 22.5 Å². The molecule has 0 saturated carbocycles. The van der Waals surface area contributed by atoms with Gasteiger partial charge in [0.1, 0.15) is 29.9 Å². The van der Waals surface area contributed by atoms with Gasteiger partial charge in [-0.3, -0.25) is 4.68 Å². The number of nitrogens with zero attached hydrogens (tertiary/aromatic N) is 4. The summed E-state index contributed by atoms with van der Waals surface area (Å²) in [7, 11) is 1.79. The van der Waals surface area contributed by atoms with E-state index in [4.69, 9.17) is 9.47 Å². The average molecular weight is 388 g/mol. The Kier molecular flexibility index (Phi) is 4.04. The van der Waals surface area contributed by atoms with Gasteiger partial charge in [0, 0.05) is 30.4 Å². The number of imidazole rings is 1. The monoisotopic (exact) mass is 388 g/mol. The van der Waals surface area contributed by atoms with Gasteiger partial charge in [-0.2, -0.15) is 5.10 Å². The maximum absolute atomic E-state index is 14.5. The molecule has 146 valence electrons. The largest absolute Gasteiger partial charge is 0.388 e. The van der Waals surface area contributed by atoms with Gasteiger partial charge < -0.3 is 19.1 Å². The number of benzene rings is 1. The van der Waals surface area contributed by atoms with Gasteiger partial charge in [-0.1, -0.05) is 0 Å². The van der Waals surface area contributed by atoms with E-state index in [9.17, 15) is 13.9 Å². The minimum atomic E-state index is -0.691. The van der Waals surface area contributed by atoms with Crippen LogP contribution in [0.2, 0.25) is 0 Å². The molecule has 2 saturated heterocycles. The summed E-state index contributed by atoms with van der Waals surface area (Å²) in [4.78, 5) is 4.43. The molecule has 2 aromatic heterocycles. The summed E-state index contributed by atoms with van der Waals surface area (Å²) in [5.41, 5.74) is 1.95. The van der Waals surface area contributed by atoms with E-state index in [2.05, 4.69) is 10.1 Å². The Hall–Kier alpha value is -2.62. The van der Waals surface area contributed by atoms with Crippen LogP contribution >= 0.6 is 0 Å². The zero-order chi connectivity index (χ0) is 19.4. The Balaban J connectivity index is 1.65. The lowest BCUT2D eigenvalue weighted by Gasteiger charge is -2.20. The maximum Gasteiger partial charge on any atom is 0.135 e. The highest BCUT2D eigenvalue weighted by Gasteiger charge is 2.48. The molecule has 4 heterocycles. The van der Waals surface area contributed by atoms with Crippen molar-refractivity contribution in [2.75, 3.05) is 13.2 Å². The molecule has 1 aromatic carbocycles. The number of hydrogen-bond donors (Lipinski definition) is 1. The highest BCUT2D eigenvalue weighted by molar-refractivity contribution is 5.78. The number of aliphatic hydroxyl groups is 1. The van der Waals surface area contributed by atoms with Crippen molar-refractivity contribution in [3.05, 3.63) is 48.6 Å². The van der Waals surface area contributed by atoms with Crippen LogP contribution in [0.15, 0.2) is 36.9 Å². The van der Waals surface area contributed by atoms with Crippen LogP contribution in [-0.4, -0.2) is 56.0 Å². The van der Waals surface area contributed by atoms with Crippen molar-refractivity contribution in [2.45, 2.75) is 24.4 Å². The average Bonchev–Trinajstić information content (AvgIpc) is 3.40. The van der Waals surface area contributed by atoms with Gasteiger partial charge in [0.15, 0.2) is 0 Å². The quantitative estimate of drug-likeness (QED) is 0.742. The summed E-state index contributed by atoms with van der Waals surface area (Å²) in [5.74, 6) is -1.34. The zero-order valence-electron chi connectivity index (χ0n) is 15.0. The normalized spacial score (nSPS) is 26.7. The van der Waals surface area contributed by atoms with Gasteiger partial charge in [0.2, 0.25) is 0 Å². The lowest BCUT2D eigenvalue weighted by molar-refractivity contribution is 0.0172. The molecule has 0 bridgehead atoms. The number of aliphatic hydroxyl groups excluding tert-OH is 1. The van der Waals surface area contributed by atoms with E-state index in [-0.39, 0.29) is 24.3 Å². The summed E-state index contributed by atoms with van der Waals surface area (Å²) >= 11 is 0. The van der Waals surface area contributed by atoms with E-state index in [1.807, 2.05) is 4.57 Å². The Morgan fingerprint density at radius 2 is 2.00 bits per heavy atom. The van der Waals surface area contributed by atoms with Gasteiger partial charge in [0.25, 0.3) is 0 Å². The number of aromatic nitrogens is 4. The molecular formula is C19H18F2N4O3. The molecule has 9 heteroatoms. The molecule has 0 spiro atoms. The van der Waals surface area contributed by atoms with Crippen LogP contribution in [-0.2, 0) is 16.5 Å². The molecule has 0 aliphatic carbocycles. The fourth-order valence-corrected chi connectivity index (χ4v) is 4.02. The number of ether oxygens (including phenoxy) is 2. The van der Waals surface area contributed by atoms with Crippen molar-refractivity contribution in [3.63, 3.8) is 0 Å². The van der Waals surface area contributed by atoms with Crippen LogP contribution in [0.5, 0.6) is 0 Å². The molecule has 3 aromatic rings. The Morgan fingerprint density at radius 3 is 2.75 bits per heavy atom. The first-order valence-electron chi connectivity index (χ1n) is 8.95. The molecule has 2 fully saturated rings. The molecule has 7 nitrogen and oxygen atoms in total. The van der Waals surface area contributed by atoms with Crippen molar-refractivity contribution in [3.8, 4) is 22.5 Å². The minimum Gasteiger partial charge on any atom is -0.388 e. The Labute approximate surface area is 159 Å². The van der Waals surface area contributed by atoms with Crippen molar-refractivity contribution in [2.24, 2.45) is 7.05 Å². The zero-order valence-corrected chi connectivity index (χ0v) is 15.0. The first kappa shape index (κ1) is 17.5. The molecule has 4 atom stereocenters. The standard InChI is InChI=1S/C19H18F2N4O3/c1-24-6-10(5-23-24)17-16(12-3-2-11(20)4-13(12)21)22-9-25(17)14-7-27-19-15(26)8-28-18(14)19/h2-6,9,14-15,18-19,26H,7-8H2,1H3/t14-,15-,18-,19-/m1/s1. The number of aryl methyl sites for hydroxylation is 1. The third kappa shape index (κ3) is 2.66. The van der Waals surface area contributed by atoms with Crippen LogP contribution < -0.4 is 0 Å². The smallest absolute Gasteiger partial charge is 0.135 e. The van der Waals surface area contributed by atoms with Gasteiger partial charge >= 0.3 is 0 Å². The fourth-order valence-electron chi connectivity index (χ4n) is 4.02. The molecule has 1 N–H and O–H groups in total. The highest BCUT2D eigenvalue weighted by atomic mass is 19.1. The van der Waals surface area contributed by atoms with E-state index in [0.717, 1.165) is 11.6 Å². The van der Waals surface area contributed by atoms with Gasteiger partial charge in [-0.05, 0) is 12.1 Å². The molecule has 2 aliphatic heterocycles. The third-order valence-corrected chi connectivity index (χ3v) is 5.32. The summed E-state index contributed by atoms with van der Waals surface area (Å²) in [6.45, 7) is 0.545. The van der Waals surface area contributed by atoms with Crippen LogP contribution in [0.4, 0.5) is 8.78 Å². The summed E-state index contributed by atoms with van der Waals surface area (Å²) in [5, 5.41) is 14.2. The van der Waals surface area contributed by atoms with Crippen LogP contribution in [0, 0.1) is 11.6 Å². The molecule has 2 aliphatic rings. The lowest BCUT2D eigenvalue weighted by atomic mass is 10.0. The predicted octanol–water partition coefficient (Wildman–Crippen LogP) is 1.93. The maximum atomic E-state index is 14.5. The van der Waals surface area contributed by atoms with Crippen molar-refractivity contribution < 1.29 is 23.4 Å². The summed E-state index contributed by atoms with van der Waals surface area (Å²) < 4.78 is 42.9. The van der Waals surface area contributed by atoms with Crippen LogP contribution in [0.1, 0.15) is 6.04 Å². The van der Waals surface area contributed by atoms with E-state index in [1.165, 1.54) is 12.1 Å². The molecular weight excluding hydrogens is 370 g/mol. The van der Waals surface area contributed by atoms with Crippen molar-refractivity contribution in [1.29, 1.82) is 0 Å². The SMILES string of the molecule is Cn1cc(-c2c(-c3ccc(F)cc3F)ncn2[C@@H]2CO[C@H]3[C@@H]2OC[C@H]3O)cn1. The fraction of sp³-hybridized carbons (Fsp3) is 0.368. The Bertz CT molecular complexity index is 1030. The predicted molar refractivity (Wildman–Crippen MR) is 94.3 cm³/mol. The number of fused-ring (bicyclic) bond motifs is 1. The lowest BCUT2D eigenvalue weighted by Crippen LogP contribution is -2.30. The molecule has 28 heavy (non-hydrogen) atoms. The Morgan fingerprint density at radius 1 is 1.18 bits per heavy atom. The van der Waals surface area contributed by atoms with Gasteiger partial charge in [0.05, 0.1) is 43.2 Å². The molecule has 5 rings (SSSR count). The molecule has 0 unspecified atom stereocenters. The van der Waals surface area contributed by atoms with Crippen molar-refractivity contribution in [1.82, 2.24) is 19.3 Å². The third-order valence-electron chi connectivity index (χ3n) is 5.32. The van der Waals surface area contributed by atoms with Crippen LogP contribution in [0.3, 0.4) is 0 Å². The van der Waals surface area contributed by atoms with E-state index >= 15 is 0 Å². The summed E-state index contributed by atoms with van der Waals surface area (Å²) in [6, 6.07) is 3.19. The number of halogens is 2. The first-order valence-corrected chi connectivity index (χ1v) is 8.95. The van der Waals surface area contributed by atoms with Gasteiger partial charge in [-0.15, -0.1) is 0 Å². The molecule has 0 radical (unpaired) electrons. The highest BCUT2D eigenvalue weighted by Crippen LogP contribution is 2.40. The van der Waals surface area contributed by atoms with Gasteiger partial charge in [-0.25, -0.2) is 13.8 Å².